The summed E-state index contributed by atoms with van der Waals surface area (Å²) in [4.78, 5) is 4.80. The maximum Gasteiger partial charge on any atom is 0.230 e. The number of aromatic nitrogens is 2. The van der Waals surface area contributed by atoms with Crippen molar-refractivity contribution < 1.29 is 14.3 Å². The number of likely N-dealkylation sites (tertiary alicyclic amines) is 1. The maximum absolute atomic E-state index is 9.63. The van der Waals surface area contributed by atoms with E-state index in [2.05, 4.69) is 26.1 Å². The van der Waals surface area contributed by atoms with Crippen molar-refractivity contribution in [2.75, 3.05) is 32.8 Å². The largest absolute Gasteiger partial charge is 0.508 e. The summed E-state index contributed by atoms with van der Waals surface area (Å²) in [5.74, 6) is 1.63. The lowest BCUT2D eigenvalue weighted by Crippen LogP contribution is -2.56. The zero-order valence-corrected chi connectivity index (χ0v) is 15.2. The molecular weight excluding hydrogens is 332 g/mol. The molecule has 140 valence electrons. The van der Waals surface area contributed by atoms with Crippen LogP contribution in [-0.2, 0) is 17.8 Å². The molecule has 2 fully saturated rings. The number of benzene rings is 1. The zero-order chi connectivity index (χ0) is 18.0. The Bertz CT molecular complexity index is 740. The number of phenolic OH excluding ortho intramolecular Hbond substituents is 1. The smallest absolute Gasteiger partial charge is 0.230 e. The Morgan fingerprint density at radius 1 is 1.12 bits per heavy atom. The summed E-state index contributed by atoms with van der Waals surface area (Å²) in [5, 5.41) is 17.7. The van der Waals surface area contributed by atoms with Gasteiger partial charge in [-0.2, -0.15) is 0 Å². The van der Waals surface area contributed by atoms with Crippen LogP contribution >= 0.6 is 0 Å². The molecule has 0 radical (unpaired) electrons. The summed E-state index contributed by atoms with van der Waals surface area (Å²) >= 11 is 0. The first-order valence-electron chi connectivity index (χ1n) is 9.26. The minimum Gasteiger partial charge on any atom is -0.508 e. The highest BCUT2D eigenvalue weighted by molar-refractivity contribution is 5.27. The Balaban J connectivity index is 1.32. The average molecular weight is 358 g/mol. The maximum atomic E-state index is 9.63. The SMILES string of the molecule is Cc1nnc(CN2CCOC3(CCN(Cc4cccc(O)c4)CC3)C2)o1. The van der Waals surface area contributed by atoms with Gasteiger partial charge in [-0.05, 0) is 30.5 Å². The predicted octanol–water partition coefficient (Wildman–Crippen LogP) is 1.95. The fourth-order valence-electron chi connectivity index (χ4n) is 3.99. The van der Waals surface area contributed by atoms with Gasteiger partial charge in [-0.1, -0.05) is 12.1 Å². The Kier molecular flexibility index (Phi) is 4.93. The summed E-state index contributed by atoms with van der Waals surface area (Å²) in [5.41, 5.74) is 1.08. The molecule has 1 spiro atoms. The van der Waals surface area contributed by atoms with Crippen LogP contribution in [0.2, 0.25) is 0 Å². The summed E-state index contributed by atoms with van der Waals surface area (Å²) in [6.07, 6.45) is 2.04. The van der Waals surface area contributed by atoms with Gasteiger partial charge < -0.3 is 14.3 Å². The van der Waals surface area contributed by atoms with E-state index in [1.165, 1.54) is 0 Å². The number of morpholine rings is 1. The molecule has 26 heavy (non-hydrogen) atoms. The normalized spacial score (nSPS) is 21.3. The average Bonchev–Trinajstić information content (AvgIpc) is 3.02. The molecule has 0 bridgehead atoms. The van der Waals surface area contributed by atoms with Gasteiger partial charge in [-0.3, -0.25) is 9.80 Å². The van der Waals surface area contributed by atoms with E-state index in [9.17, 15) is 5.11 Å². The van der Waals surface area contributed by atoms with E-state index in [1.807, 2.05) is 19.1 Å². The highest BCUT2D eigenvalue weighted by atomic mass is 16.5. The number of aromatic hydroxyl groups is 1. The van der Waals surface area contributed by atoms with E-state index in [4.69, 9.17) is 9.15 Å². The topological polar surface area (TPSA) is 74.9 Å². The lowest BCUT2D eigenvalue weighted by Gasteiger charge is -2.47. The molecule has 7 heteroatoms. The van der Waals surface area contributed by atoms with E-state index in [1.54, 1.807) is 6.07 Å². The molecule has 1 aromatic carbocycles. The number of rotatable bonds is 4. The molecule has 0 unspecified atom stereocenters. The van der Waals surface area contributed by atoms with Gasteiger partial charge in [-0.25, -0.2) is 0 Å². The van der Waals surface area contributed by atoms with Crippen molar-refractivity contribution in [2.45, 2.75) is 38.5 Å². The van der Waals surface area contributed by atoms with Gasteiger partial charge in [0, 0.05) is 39.6 Å². The van der Waals surface area contributed by atoms with Crippen LogP contribution < -0.4 is 0 Å². The summed E-state index contributed by atoms with van der Waals surface area (Å²) in [7, 11) is 0. The van der Waals surface area contributed by atoms with Crippen LogP contribution in [0.3, 0.4) is 0 Å². The monoisotopic (exact) mass is 358 g/mol. The van der Waals surface area contributed by atoms with Gasteiger partial charge >= 0.3 is 0 Å². The lowest BCUT2D eigenvalue weighted by atomic mass is 9.89. The Morgan fingerprint density at radius 2 is 1.96 bits per heavy atom. The Labute approximate surface area is 153 Å². The van der Waals surface area contributed by atoms with Crippen molar-refractivity contribution >= 4 is 0 Å². The first kappa shape index (κ1) is 17.5. The molecule has 1 N–H and O–H groups in total. The fourth-order valence-corrected chi connectivity index (χ4v) is 3.99. The zero-order valence-electron chi connectivity index (χ0n) is 15.2. The van der Waals surface area contributed by atoms with Crippen molar-refractivity contribution in [3.05, 3.63) is 41.6 Å². The van der Waals surface area contributed by atoms with E-state index in [0.29, 0.717) is 24.1 Å². The Morgan fingerprint density at radius 3 is 2.69 bits per heavy atom. The first-order chi connectivity index (χ1) is 12.6. The van der Waals surface area contributed by atoms with Crippen LogP contribution in [0.4, 0.5) is 0 Å². The van der Waals surface area contributed by atoms with Crippen LogP contribution in [0.15, 0.2) is 28.7 Å². The molecule has 3 heterocycles. The van der Waals surface area contributed by atoms with Gasteiger partial charge in [-0.15, -0.1) is 10.2 Å². The predicted molar refractivity (Wildman–Crippen MR) is 95.6 cm³/mol. The van der Waals surface area contributed by atoms with Gasteiger partial charge in [0.1, 0.15) is 5.75 Å². The highest BCUT2D eigenvalue weighted by Crippen LogP contribution is 2.31. The molecule has 0 atom stereocenters. The van der Waals surface area contributed by atoms with Gasteiger partial charge in [0.25, 0.3) is 0 Å². The number of aryl methyl sites for hydroxylation is 1. The minimum atomic E-state index is -0.0668. The van der Waals surface area contributed by atoms with Crippen LogP contribution in [0.25, 0.3) is 0 Å². The first-order valence-corrected chi connectivity index (χ1v) is 9.26. The number of nitrogens with zero attached hydrogens (tertiary/aromatic N) is 4. The number of phenols is 1. The molecule has 4 rings (SSSR count). The summed E-state index contributed by atoms with van der Waals surface area (Å²) in [6.45, 7) is 7.95. The summed E-state index contributed by atoms with van der Waals surface area (Å²) in [6, 6.07) is 7.52. The molecule has 2 aliphatic heterocycles. The second-order valence-corrected chi connectivity index (χ2v) is 7.40. The van der Waals surface area contributed by atoms with E-state index in [-0.39, 0.29) is 5.60 Å². The molecular formula is C19H26N4O3. The molecule has 2 aliphatic rings. The van der Waals surface area contributed by atoms with E-state index in [0.717, 1.165) is 57.7 Å². The third kappa shape index (κ3) is 4.06. The standard InChI is InChI=1S/C19H26N4O3/c1-15-20-21-18(26-15)13-23-9-10-25-19(14-23)5-7-22(8-6-19)12-16-3-2-4-17(24)11-16/h2-4,11,24H,5-10,12-14H2,1H3. The second kappa shape index (κ2) is 7.34. The summed E-state index contributed by atoms with van der Waals surface area (Å²) < 4.78 is 11.7. The quantitative estimate of drug-likeness (QED) is 0.895. The second-order valence-electron chi connectivity index (χ2n) is 7.40. The van der Waals surface area contributed by atoms with Crippen LogP contribution in [0.5, 0.6) is 5.75 Å². The molecule has 2 aromatic rings. The number of hydrogen-bond acceptors (Lipinski definition) is 7. The van der Waals surface area contributed by atoms with Crippen LogP contribution in [-0.4, -0.2) is 63.5 Å². The van der Waals surface area contributed by atoms with Gasteiger partial charge in [0.05, 0.1) is 18.8 Å². The Hall–Kier alpha value is -1.96. The minimum absolute atomic E-state index is 0.0668. The third-order valence-corrected chi connectivity index (χ3v) is 5.34. The van der Waals surface area contributed by atoms with Crippen molar-refractivity contribution in [3.63, 3.8) is 0 Å². The number of piperidine rings is 1. The molecule has 1 aromatic heterocycles. The van der Waals surface area contributed by atoms with Crippen LogP contribution in [0.1, 0.15) is 30.2 Å². The van der Waals surface area contributed by atoms with Gasteiger partial charge in [0.2, 0.25) is 11.8 Å². The lowest BCUT2D eigenvalue weighted by molar-refractivity contribution is -0.139. The molecule has 7 nitrogen and oxygen atoms in total. The highest BCUT2D eigenvalue weighted by Gasteiger charge is 2.39. The van der Waals surface area contributed by atoms with Crippen molar-refractivity contribution in [1.82, 2.24) is 20.0 Å². The molecule has 2 saturated heterocycles. The third-order valence-electron chi connectivity index (χ3n) is 5.34. The van der Waals surface area contributed by atoms with Gasteiger partial charge in [0.15, 0.2) is 0 Å². The molecule has 0 aliphatic carbocycles. The number of ether oxygens (including phenoxy) is 1. The molecule has 0 saturated carbocycles. The van der Waals surface area contributed by atoms with Crippen molar-refractivity contribution in [3.8, 4) is 5.75 Å². The van der Waals surface area contributed by atoms with Crippen molar-refractivity contribution in [1.29, 1.82) is 0 Å². The van der Waals surface area contributed by atoms with E-state index < -0.39 is 0 Å². The number of hydrogen-bond donors (Lipinski definition) is 1. The molecule has 0 amide bonds. The fraction of sp³-hybridized carbons (Fsp3) is 0.579. The van der Waals surface area contributed by atoms with Crippen LogP contribution in [0, 0.1) is 6.92 Å². The van der Waals surface area contributed by atoms with E-state index >= 15 is 0 Å². The van der Waals surface area contributed by atoms with Crippen molar-refractivity contribution in [2.24, 2.45) is 0 Å².